The summed E-state index contributed by atoms with van der Waals surface area (Å²) in [5, 5.41) is 27.7. The second kappa shape index (κ2) is 5.31. The number of aromatic nitrogens is 1. The molecule has 1 rings (SSSR count). The number of aliphatic hydroxyl groups is 3. The van der Waals surface area contributed by atoms with Crippen molar-refractivity contribution in [3.8, 4) is 0 Å². The van der Waals surface area contributed by atoms with Crippen molar-refractivity contribution in [2.45, 2.75) is 18.8 Å². The second-order valence-electron chi connectivity index (χ2n) is 2.91. The van der Waals surface area contributed by atoms with Crippen LogP contribution in [0.2, 0.25) is 0 Å². The molecule has 1 heterocycles. The van der Waals surface area contributed by atoms with Crippen LogP contribution in [-0.2, 0) is 6.61 Å². The van der Waals surface area contributed by atoms with E-state index in [1.54, 1.807) is 18.2 Å². The van der Waals surface area contributed by atoms with Gasteiger partial charge in [0.1, 0.15) is 6.10 Å². The van der Waals surface area contributed by atoms with Crippen LogP contribution in [0.3, 0.4) is 0 Å². The van der Waals surface area contributed by atoms with E-state index in [2.05, 4.69) is 17.6 Å². The lowest BCUT2D eigenvalue weighted by Gasteiger charge is -2.15. The second-order valence-corrected chi connectivity index (χ2v) is 3.27. The van der Waals surface area contributed by atoms with E-state index >= 15 is 0 Å². The molecule has 0 radical (unpaired) electrons. The Bertz CT molecular complexity index is 295. The molecular formula is C9H13NO3S. The Morgan fingerprint density at radius 3 is 2.64 bits per heavy atom. The molecule has 0 aliphatic rings. The van der Waals surface area contributed by atoms with Gasteiger partial charge in [-0.25, -0.2) is 0 Å². The molecule has 0 saturated heterocycles. The summed E-state index contributed by atoms with van der Waals surface area (Å²) in [4.78, 5) is 3.97. The van der Waals surface area contributed by atoms with Gasteiger partial charge in [-0.05, 0) is 12.1 Å². The van der Waals surface area contributed by atoms with Crippen LogP contribution >= 0.6 is 12.6 Å². The summed E-state index contributed by atoms with van der Waals surface area (Å²) in [5.41, 5.74) is 0.811. The quantitative estimate of drug-likeness (QED) is 0.529. The standard InChI is InChI=1S/C9H13NO3S/c11-4-6-2-1-3-7(10-6)9(13)8(12)5-14/h1-3,8-9,11-14H,4-5H2. The molecule has 0 aliphatic heterocycles. The smallest absolute Gasteiger partial charge is 0.123 e. The maximum absolute atomic E-state index is 9.57. The fourth-order valence-electron chi connectivity index (χ4n) is 1.05. The third-order valence-electron chi connectivity index (χ3n) is 1.84. The first kappa shape index (κ1) is 11.5. The molecule has 0 saturated carbocycles. The third kappa shape index (κ3) is 2.68. The van der Waals surface area contributed by atoms with Crippen LogP contribution < -0.4 is 0 Å². The zero-order chi connectivity index (χ0) is 10.6. The van der Waals surface area contributed by atoms with Crippen molar-refractivity contribution in [2.75, 3.05) is 5.75 Å². The van der Waals surface area contributed by atoms with Gasteiger partial charge in [0.05, 0.1) is 24.1 Å². The van der Waals surface area contributed by atoms with E-state index in [1.807, 2.05) is 0 Å². The van der Waals surface area contributed by atoms with Crippen molar-refractivity contribution < 1.29 is 15.3 Å². The van der Waals surface area contributed by atoms with Crippen LogP contribution in [-0.4, -0.2) is 32.2 Å². The Hall–Kier alpha value is -0.620. The van der Waals surface area contributed by atoms with E-state index in [0.29, 0.717) is 11.4 Å². The predicted octanol–water partition coefficient (Wildman–Crippen LogP) is -0.102. The van der Waals surface area contributed by atoms with Crippen LogP contribution in [0.1, 0.15) is 17.5 Å². The summed E-state index contributed by atoms with van der Waals surface area (Å²) in [5.74, 6) is 0.159. The van der Waals surface area contributed by atoms with Crippen LogP contribution in [0, 0.1) is 0 Å². The van der Waals surface area contributed by atoms with Gasteiger partial charge in [0.2, 0.25) is 0 Å². The fraction of sp³-hybridized carbons (Fsp3) is 0.444. The summed E-state index contributed by atoms with van der Waals surface area (Å²) in [6.45, 7) is -0.183. The maximum atomic E-state index is 9.57. The molecule has 0 aliphatic carbocycles. The summed E-state index contributed by atoms with van der Waals surface area (Å²) in [6.07, 6.45) is -2.00. The largest absolute Gasteiger partial charge is 0.390 e. The Kier molecular flexibility index (Phi) is 4.34. The Morgan fingerprint density at radius 1 is 1.36 bits per heavy atom. The van der Waals surface area contributed by atoms with Gasteiger partial charge < -0.3 is 15.3 Å². The van der Waals surface area contributed by atoms with Crippen molar-refractivity contribution in [1.29, 1.82) is 0 Å². The summed E-state index contributed by atoms with van der Waals surface area (Å²) < 4.78 is 0. The molecule has 0 spiro atoms. The molecule has 2 unspecified atom stereocenters. The molecule has 0 aromatic carbocycles. The number of aliphatic hydroxyl groups excluding tert-OH is 3. The van der Waals surface area contributed by atoms with Gasteiger partial charge in [0.15, 0.2) is 0 Å². The van der Waals surface area contributed by atoms with Crippen molar-refractivity contribution in [2.24, 2.45) is 0 Å². The van der Waals surface area contributed by atoms with Crippen LogP contribution in [0.25, 0.3) is 0 Å². The Balaban J connectivity index is 2.83. The molecule has 2 atom stereocenters. The van der Waals surface area contributed by atoms with Gasteiger partial charge in [0.25, 0.3) is 0 Å². The first-order valence-electron chi connectivity index (χ1n) is 4.22. The lowest BCUT2D eigenvalue weighted by Crippen LogP contribution is -2.21. The molecule has 14 heavy (non-hydrogen) atoms. The van der Waals surface area contributed by atoms with Crippen LogP contribution in [0.4, 0.5) is 0 Å². The zero-order valence-electron chi connectivity index (χ0n) is 7.54. The van der Waals surface area contributed by atoms with Crippen LogP contribution in [0.15, 0.2) is 18.2 Å². The topological polar surface area (TPSA) is 73.6 Å². The molecule has 0 fully saturated rings. The Morgan fingerprint density at radius 2 is 2.07 bits per heavy atom. The minimum Gasteiger partial charge on any atom is -0.390 e. The first-order valence-corrected chi connectivity index (χ1v) is 4.86. The number of hydrogen-bond donors (Lipinski definition) is 4. The van der Waals surface area contributed by atoms with Gasteiger partial charge in [0, 0.05) is 5.75 Å². The third-order valence-corrected chi connectivity index (χ3v) is 2.22. The number of rotatable bonds is 4. The highest BCUT2D eigenvalue weighted by molar-refractivity contribution is 7.80. The highest BCUT2D eigenvalue weighted by Gasteiger charge is 2.18. The van der Waals surface area contributed by atoms with Gasteiger partial charge >= 0.3 is 0 Å². The molecule has 4 nitrogen and oxygen atoms in total. The lowest BCUT2D eigenvalue weighted by atomic mass is 10.1. The van der Waals surface area contributed by atoms with Gasteiger partial charge in [-0.3, -0.25) is 4.98 Å². The van der Waals surface area contributed by atoms with E-state index in [9.17, 15) is 10.2 Å². The normalized spacial score (nSPS) is 15.1. The number of hydrogen-bond acceptors (Lipinski definition) is 5. The maximum Gasteiger partial charge on any atom is 0.123 e. The molecule has 1 aromatic rings. The summed E-state index contributed by atoms with van der Waals surface area (Å²) in [7, 11) is 0. The molecule has 0 amide bonds. The highest BCUT2D eigenvalue weighted by atomic mass is 32.1. The highest BCUT2D eigenvalue weighted by Crippen LogP contribution is 2.15. The SMILES string of the molecule is OCc1cccc(C(O)C(O)CS)n1. The van der Waals surface area contributed by atoms with Crippen molar-refractivity contribution in [3.63, 3.8) is 0 Å². The van der Waals surface area contributed by atoms with Crippen molar-refractivity contribution in [1.82, 2.24) is 4.98 Å². The fourth-order valence-corrected chi connectivity index (χ4v) is 1.25. The Labute approximate surface area is 87.6 Å². The number of thiol groups is 1. The van der Waals surface area contributed by atoms with E-state index in [4.69, 9.17) is 5.11 Å². The average Bonchev–Trinajstić information content (AvgIpc) is 2.27. The molecule has 5 heteroatoms. The molecule has 78 valence electrons. The number of pyridine rings is 1. The molecule has 0 bridgehead atoms. The van der Waals surface area contributed by atoms with E-state index in [-0.39, 0.29) is 12.4 Å². The van der Waals surface area contributed by atoms with Crippen molar-refractivity contribution in [3.05, 3.63) is 29.6 Å². The van der Waals surface area contributed by atoms with Gasteiger partial charge in [-0.15, -0.1) is 0 Å². The number of nitrogens with zero attached hydrogens (tertiary/aromatic N) is 1. The monoisotopic (exact) mass is 215 g/mol. The molecule has 3 N–H and O–H groups in total. The predicted molar refractivity (Wildman–Crippen MR) is 55.0 cm³/mol. The van der Waals surface area contributed by atoms with E-state index in [0.717, 1.165) is 0 Å². The molecule has 1 aromatic heterocycles. The minimum atomic E-state index is -1.06. The minimum absolute atomic E-state index is 0.159. The summed E-state index contributed by atoms with van der Waals surface area (Å²) in [6, 6.07) is 4.90. The lowest BCUT2D eigenvalue weighted by molar-refractivity contribution is 0.0308. The average molecular weight is 215 g/mol. The zero-order valence-corrected chi connectivity index (χ0v) is 8.43. The van der Waals surface area contributed by atoms with Crippen LogP contribution in [0.5, 0.6) is 0 Å². The first-order chi connectivity index (χ1) is 6.69. The van der Waals surface area contributed by atoms with E-state index < -0.39 is 12.2 Å². The van der Waals surface area contributed by atoms with Crippen molar-refractivity contribution >= 4 is 12.6 Å². The van der Waals surface area contributed by atoms with Gasteiger partial charge in [-0.2, -0.15) is 12.6 Å². The van der Waals surface area contributed by atoms with Gasteiger partial charge in [-0.1, -0.05) is 6.07 Å². The summed E-state index contributed by atoms with van der Waals surface area (Å²) >= 11 is 3.87. The molecular weight excluding hydrogens is 202 g/mol. The van der Waals surface area contributed by atoms with E-state index in [1.165, 1.54) is 0 Å².